The lowest BCUT2D eigenvalue weighted by atomic mass is 10.1. The van der Waals surface area contributed by atoms with E-state index < -0.39 is 72.7 Å². The summed E-state index contributed by atoms with van der Waals surface area (Å²) in [4.78, 5) is 26.7. The number of hydrogen-bond donors (Lipinski definition) is 6. The van der Waals surface area contributed by atoms with E-state index in [1.165, 1.54) is 74.5 Å². The van der Waals surface area contributed by atoms with Crippen LogP contribution >= 0.6 is 0 Å². The summed E-state index contributed by atoms with van der Waals surface area (Å²) in [6.07, 6.45) is 2.50. The molecule has 1 amide bonds. The highest BCUT2D eigenvalue weighted by Gasteiger charge is 2.19. The monoisotopic (exact) mass is 1170 g/mol. The summed E-state index contributed by atoms with van der Waals surface area (Å²) in [6.45, 7) is 9.75. The van der Waals surface area contributed by atoms with Gasteiger partial charge in [-0.05, 0) is 117 Å². The van der Waals surface area contributed by atoms with E-state index in [0.717, 1.165) is 24.3 Å². The Hall–Kier alpha value is -6.41. The van der Waals surface area contributed by atoms with Crippen LogP contribution in [0.15, 0.2) is 98.7 Å². The third-order valence-electron chi connectivity index (χ3n) is 9.77. The van der Waals surface area contributed by atoms with Crippen LogP contribution in [-0.2, 0) is 62.8 Å². The number of benzene rings is 4. The average Bonchev–Trinajstić information content (AvgIpc) is 3.39. The van der Waals surface area contributed by atoms with E-state index in [2.05, 4.69) is 14.4 Å². The number of aliphatic imine (C=N–C) groups is 1. The van der Waals surface area contributed by atoms with Crippen LogP contribution in [0.25, 0.3) is 12.2 Å². The number of nitrogens with two attached hydrogens (primary N) is 4. The van der Waals surface area contributed by atoms with Gasteiger partial charge in [0.2, 0.25) is 20.0 Å². The summed E-state index contributed by atoms with van der Waals surface area (Å²) >= 11 is 0. The number of carbonyl (C=O) groups excluding carboxylic acids is 2. The van der Waals surface area contributed by atoms with E-state index in [9.17, 15) is 44.0 Å². The highest BCUT2D eigenvalue weighted by molar-refractivity contribution is 7.89. The van der Waals surface area contributed by atoms with E-state index >= 15 is 0 Å². The van der Waals surface area contributed by atoms with Gasteiger partial charge in [-0.2, -0.15) is 4.99 Å². The SMILES string of the molecule is C.C/C(=C\c1cc(F)c(Oc2ccc(S(=O)(=O)NCCOCCOCCOCCN)cc2)c(F)c1)C(=O)N=C(N)N.CCOC(=O)/C(C)=C/c1cc(F)c(Oc2ccc(S(=O)(=O)NCCOCCOCCOCCN)cc2)c(F)c1. The maximum Gasteiger partial charge on any atom is 0.333 e. The molecule has 4 aromatic rings. The van der Waals surface area contributed by atoms with Crippen LogP contribution in [0.5, 0.6) is 23.0 Å². The molecule has 0 heterocycles. The second-order valence-electron chi connectivity index (χ2n) is 16.0. The number of sulfonamides is 2. The summed E-state index contributed by atoms with van der Waals surface area (Å²) < 4.78 is 160. The number of guanidine groups is 1. The summed E-state index contributed by atoms with van der Waals surface area (Å²) in [5, 5.41) is 0. The van der Waals surface area contributed by atoms with E-state index in [0.29, 0.717) is 72.6 Å². The topological polar surface area (TPSA) is 326 Å². The number of amides is 1. The van der Waals surface area contributed by atoms with Crippen molar-refractivity contribution in [3.63, 3.8) is 0 Å². The molecule has 0 aliphatic rings. The Morgan fingerprint density at radius 2 is 0.863 bits per heavy atom. The molecule has 0 radical (unpaired) electrons. The second-order valence-corrected chi connectivity index (χ2v) is 19.6. The number of nitrogens with zero attached hydrogens (tertiary/aromatic N) is 1. The summed E-state index contributed by atoms with van der Waals surface area (Å²) in [5.74, 6) is -7.24. The predicted octanol–water partition coefficient (Wildman–Crippen LogP) is 4.89. The Bertz CT molecular complexity index is 2820. The molecule has 80 heavy (non-hydrogen) atoms. The standard InChI is InChI=1S/C26H34F2N2O8S.C25H33F2N5O7S.CH4/c1-3-37-26(31)19(2)16-20-17-23(27)25(24(28)18-20)38-21-4-6-22(7-5-21)39(32,33)30-9-11-35-13-15-36-14-12-34-10-8-29;1-17(24(33)32-25(29)30)14-18-15-21(26)23(22(27)16-18)39-19-2-4-20(5-3-19)40(34,35)31-7-9-37-11-13-38-12-10-36-8-6-28;/h4-7,16-18,30H,3,8-15,29H2,1-2H3;2-5,14-16,31H,6-13,28H2,1H3,(H4,29,30,32,33);1H4/b19-16+;17-14+;. The molecule has 0 aliphatic heterocycles. The Morgan fingerprint density at radius 3 is 1.19 bits per heavy atom. The first-order valence-corrected chi connectivity index (χ1v) is 27.2. The molecule has 22 nitrogen and oxygen atoms in total. The van der Waals surface area contributed by atoms with Gasteiger partial charge in [-0.15, -0.1) is 0 Å². The van der Waals surface area contributed by atoms with Crippen LogP contribution < -0.4 is 41.9 Å². The quantitative estimate of drug-likeness (QED) is 0.00891. The zero-order valence-corrected chi connectivity index (χ0v) is 45.4. The molecule has 0 fully saturated rings. The maximum absolute atomic E-state index is 14.6. The third kappa shape index (κ3) is 26.2. The van der Waals surface area contributed by atoms with Crippen molar-refractivity contribution in [3.8, 4) is 23.0 Å². The molecule has 0 atom stereocenters. The highest BCUT2D eigenvalue weighted by Crippen LogP contribution is 2.32. The van der Waals surface area contributed by atoms with Gasteiger partial charge in [0.1, 0.15) is 11.5 Å². The molecule has 28 heteroatoms. The zero-order valence-electron chi connectivity index (χ0n) is 43.8. The number of halogens is 4. The van der Waals surface area contributed by atoms with Crippen molar-refractivity contribution in [2.24, 2.45) is 27.9 Å². The van der Waals surface area contributed by atoms with Crippen molar-refractivity contribution in [1.29, 1.82) is 0 Å². The van der Waals surface area contributed by atoms with Crippen molar-refractivity contribution in [3.05, 3.63) is 118 Å². The lowest BCUT2D eigenvalue weighted by Gasteiger charge is -2.11. The minimum Gasteiger partial charge on any atom is -0.463 e. The number of rotatable bonds is 35. The number of nitrogens with one attached hydrogen (secondary N) is 2. The largest absolute Gasteiger partial charge is 0.463 e. The zero-order chi connectivity index (χ0) is 58.2. The summed E-state index contributed by atoms with van der Waals surface area (Å²) in [6, 6.07) is 13.9. The average molecular weight is 1170 g/mol. The van der Waals surface area contributed by atoms with Crippen LogP contribution in [0.2, 0.25) is 0 Å². The molecule has 4 rings (SSSR count). The minimum atomic E-state index is -3.86. The molecule has 0 aliphatic carbocycles. The van der Waals surface area contributed by atoms with Crippen LogP contribution in [0, 0.1) is 23.3 Å². The van der Waals surface area contributed by atoms with Crippen LogP contribution in [0.4, 0.5) is 17.6 Å². The molecule has 0 saturated carbocycles. The molecule has 4 aromatic carbocycles. The van der Waals surface area contributed by atoms with Crippen molar-refractivity contribution >= 4 is 50.0 Å². The molecule has 0 aromatic heterocycles. The van der Waals surface area contributed by atoms with Crippen molar-refractivity contribution in [1.82, 2.24) is 9.44 Å². The van der Waals surface area contributed by atoms with Crippen LogP contribution in [0.1, 0.15) is 39.3 Å². The van der Waals surface area contributed by atoms with Gasteiger partial charge in [0.05, 0.1) is 95.7 Å². The van der Waals surface area contributed by atoms with Crippen molar-refractivity contribution in [2.45, 2.75) is 38.0 Å². The maximum atomic E-state index is 14.6. The molecular formula is C52H71F4N7O15S2. The summed E-state index contributed by atoms with van der Waals surface area (Å²) in [5.41, 5.74) is 21.3. The number of hydrogen-bond acceptors (Lipinski definition) is 17. The predicted molar refractivity (Wildman–Crippen MR) is 291 cm³/mol. The first kappa shape index (κ1) is 69.7. The van der Waals surface area contributed by atoms with E-state index in [4.69, 9.17) is 65.6 Å². The van der Waals surface area contributed by atoms with Gasteiger partial charge >= 0.3 is 5.97 Å². The number of esters is 1. The molecule has 0 unspecified atom stereocenters. The Morgan fingerprint density at radius 1 is 0.537 bits per heavy atom. The fourth-order valence-corrected chi connectivity index (χ4v) is 8.14. The fourth-order valence-electron chi connectivity index (χ4n) is 6.11. The second kappa shape index (κ2) is 37.5. The normalized spacial score (nSPS) is 11.8. The van der Waals surface area contributed by atoms with Gasteiger partial charge in [0.15, 0.2) is 40.7 Å². The van der Waals surface area contributed by atoms with Gasteiger partial charge in [0.25, 0.3) is 5.91 Å². The van der Waals surface area contributed by atoms with Gasteiger partial charge < -0.3 is 65.6 Å². The van der Waals surface area contributed by atoms with Gasteiger partial charge in [-0.3, -0.25) is 4.79 Å². The van der Waals surface area contributed by atoms with Crippen LogP contribution in [0.3, 0.4) is 0 Å². The lowest BCUT2D eigenvalue weighted by molar-refractivity contribution is -0.138. The van der Waals surface area contributed by atoms with Gasteiger partial charge in [-0.1, -0.05) is 7.43 Å². The van der Waals surface area contributed by atoms with E-state index in [1.54, 1.807) is 6.92 Å². The molecule has 10 N–H and O–H groups in total. The fraction of sp³-hybridized carbons (Fsp3) is 0.404. The molecule has 0 saturated heterocycles. The third-order valence-corrected chi connectivity index (χ3v) is 12.7. The first-order valence-electron chi connectivity index (χ1n) is 24.3. The first-order chi connectivity index (χ1) is 37.7. The van der Waals surface area contributed by atoms with Gasteiger partial charge in [-0.25, -0.2) is 48.6 Å². The van der Waals surface area contributed by atoms with E-state index in [1.807, 2.05) is 0 Å². The van der Waals surface area contributed by atoms with Crippen molar-refractivity contribution < 1.29 is 86.6 Å². The Balaban J connectivity index is 0.000000540. The molecule has 0 bridgehead atoms. The highest BCUT2D eigenvalue weighted by atomic mass is 32.2. The molecular weight excluding hydrogens is 1100 g/mol. The van der Waals surface area contributed by atoms with E-state index in [-0.39, 0.29) is 90.5 Å². The Kier molecular flexibility index (Phi) is 32.7. The minimum absolute atomic E-state index is 0. The molecule has 0 spiro atoms. The van der Waals surface area contributed by atoms with Crippen LogP contribution in [-0.4, -0.2) is 147 Å². The lowest BCUT2D eigenvalue weighted by Crippen LogP contribution is -2.27. The summed E-state index contributed by atoms with van der Waals surface area (Å²) in [7, 11) is -7.70. The molecule has 444 valence electrons. The Labute approximate surface area is 463 Å². The number of carbonyl (C=O) groups is 2. The van der Waals surface area contributed by atoms with Gasteiger partial charge in [0, 0.05) is 37.3 Å². The smallest absolute Gasteiger partial charge is 0.333 e. The number of ether oxygens (including phenoxy) is 9. The van der Waals surface area contributed by atoms with Crippen molar-refractivity contribution in [2.75, 3.05) is 112 Å².